The average molecular weight is 413 g/mol. The first-order chi connectivity index (χ1) is 11.8. The molecule has 2 heterocycles. The van der Waals surface area contributed by atoms with E-state index in [4.69, 9.17) is 0 Å². The number of nitro groups is 1. The lowest BCUT2D eigenvalue weighted by Gasteiger charge is -2.23. The third-order valence-corrected chi connectivity index (χ3v) is 4.69. The zero-order valence-corrected chi connectivity index (χ0v) is 16.2. The molecule has 0 aliphatic carbocycles. The van der Waals surface area contributed by atoms with Crippen molar-refractivity contribution in [3.05, 3.63) is 38.2 Å². The van der Waals surface area contributed by atoms with Crippen LogP contribution in [0.5, 0.6) is 0 Å². The van der Waals surface area contributed by atoms with Crippen molar-refractivity contribution in [2.75, 3.05) is 7.05 Å². The van der Waals surface area contributed by atoms with Crippen molar-refractivity contribution in [1.29, 1.82) is 0 Å². The van der Waals surface area contributed by atoms with E-state index in [-0.39, 0.29) is 11.7 Å². The smallest absolute Gasteiger partial charge is 0.358 e. The van der Waals surface area contributed by atoms with E-state index in [1.807, 2.05) is 18.5 Å². The number of hydrogen-bond donors (Lipinski definition) is 0. The third-order valence-electron chi connectivity index (χ3n) is 4.02. The molecule has 10 heteroatoms. The van der Waals surface area contributed by atoms with Crippen LogP contribution in [0.1, 0.15) is 37.7 Å². The molecule has 2 aromatic rings. The summed E-state index contributed by atoms with van der Waals surface area (Å²) in [5.41, 5.74) is 1.48. The normalized spacial score (nSPS) is 12.2. The van der Waals surface area contributed by atoms with Gasteiger partial charge in [-0.2, -0.15) is 9.78 Å². The number of amides is 1. The van der Waals surface area contributed by atoms with Gasteiger partial charge >= 0.3 is 5.82 Å². The van der Waals surface area contributed by atoms with Gasteiger partial charge < -0.3 is 15.0 Å². The van der Waals surface area contributed by atoms with Crippen molar-refractivity contribution in [1.82, 2.24) is 24.5 Å². The average Bonchev–Trinajstić information content (AvgIpc) is 3.12. The van der Waals surface area contributed by atoms with E-state index in [0.29, 0.717) is 25.2 Å². The minimum absolute atomic E-state index is 0.153. The van der Waals surface area contributed by atoms with E-state index in [0.717, 1.165) is 10.2 Å². The highest BCUT2D eigenvalue weighted by atomic mass is 79.9. The van der Waals surface area contributed by atoms with E-state index in [9.17, 15) is 14.9 Å². The predicted molar refractivity (Wildman–Crippen MR) is 95.0 cm³/mol. The summed E-state index contributed by atoms with van der Waals surface area (Å²) in [6, 6.07) is 0.786. The Morgan fingerprint density at radius 1 is 1.48 bits per heavy atom. The van der Waals surface area contributed by atoms with E-state index in [1.54, 1.807) is 25.1 Å². The van der Waals surface area contributed by atoms with E-state index >= 15 is 0 Å². The second-order valence-corrected chi connectivity index (χ2v) is 6.57. The molecule has 2 rings (SSSR count). The monoisotopic (exact) mass is 412 g/mol. The number of nitrogens with zero attached hydrogens (tertiary/aromatic N) is 6. The fraction of sp³-hybridized carbons (Fsp3) is 0.533. The molecule has 0 aromatic carbocycles. The summed E-state index contributed by atoms with van der Waals surface area (Å²) in [6.45, 7) is 6.62. The molecule has 2 aromatic heterocycles. The Balaban J connectivity index is 2.24. The number of aryl methyl sites for hydroxylation is 2. The van der Waals surface area contributed by atoms with Gasteiger partial charge in [0.1, 0.15) is 0 Å². The summed E-state index contributed by atoms with van der Waals surface area (Å²) in [5, 5.41) is 19.1. The molecular formula is C15H21BrN6O3. The van der Waals surface area contributed by atoms with Gasteiger partial charge in [-0.25, -0.2) is 0 Å². The van der Waals surface area contributed by atoms with Crippen molar-refractivity contribution in [2.24, 2.45) is 0 Å². The van der Waals surface area contributed by atoms with Crippen LogP contribution in [-0.4, -0.2) is 42.3 Å². The SMILES string of the molecule is CCC(C(=O)N(C)Cc1c(Br)cnn1CC)n1nc([N+](=O)[O-])cc1C. The van der Waals surface area contributed by atoms with Crippen LogP contribution in [0.2, 0.25) is 0 Å². The highest BCUT2D eigenvalue weighted by molar-refractivity contribution is 9.10. The first-order valence-corrected chi connectivity index (χ1v) is 8.75. The number of likely N-dealkylation sites (N-methyl/N-ethyl adjacent to an activating group) is 1. The quantitative estimate of drug-likeness (QED) is 0.513. The number of carbonyl (C=O) groups is 1. The Morgan fingerprint density at radius 2 is 2.16 bits per heavy atom. The van der Waals surface area contributed by atoms with Gasteiger partial charge in [-0.1, -0.05) is 6.92 Å². The number of carbonyl (C=O) groups excluding carboxylic acids is 1. The van der Waals surface area contributed by atoms with Crippen molar-refractivity contribution < 1.29 is 9.72 Å². The zero-order chi connectivity index (χ0) is 18.7. The number of aromatic nitrogens is 4. The van der Waals surface area contributed by atoms with Crippen LogP contribution in [0.4, 0.5) is 5.82 Å². The largest absolute Gasteiger partial charge is 0.390 e. The highest BCUT2D eigenvalue weighted by Gasteiger charge is 2.29. The zero-order valence-electron chi connectivity index (χ0n) is 14.6. The molecule has 0 saturated heterocycles. The van der Waals surface area contributed by atoms with Gasteiger partial charge in [-0.3, -0.25) is 9.48 Å². The first kappa shape index (κ1) is 19.1. The minimum Gasteiger partial charge on any atom is -0.358 e. The lowest BCUT2D eigenvalue weighted by atomic mass is 10.2. The second kappa shape index (κ2) is 7.77. The third kappa shape index (κ3) is 3.89. The summed E-state index contributed by atoms with van der Waals surface area (Å²) < 4.78 is 4.09. The van der Waals surface area contributed by atoms with Crippen molar-refractivity contribution in [3.8, 4) is 0 Å². The fourth-order valence-corrected chi connectivity index (χ4v) is 3.12. The number of halogens is 1. The molecule has 0 fully saturated rings. The molecule has 136 valence electrons. The van der Waals surface area contributed by atoms with Crippen LogP contribution in [0, 0.1) is 17.0 Å². The Bertz CT molecular complexity index is 784. The Labute approximate surface area is 153 Å². The van der Waals surface area contributed by atoms with Crippen LogP contribution in [0.15, 0.2) is 16.7 Å². The Hall–Kier alpha value is -2.23. The number of rotatable bonds is 7. The van der Waals surface area contributed by atoms with Crippen LogP contribution in [-0.2, 0) is 17.9 Å². The molecule has 0 aliphatic heterocycles. The molecule has 9 nitrogen and oxygen atoms in total. The highest BCUT2D eigenvalue weighted by Crippen LogP contribution is 2.23. The first-order valence-electron chi connectivity index (χ1n) is 7.95. The van der Waals surface area contributed by atoms with Crippen LogP contribution in [0.3, 0.4) is 0 Å². The van der Waals surface area contributed by atoms with Gasteiger partial charge in [0.25, 0.3) is 0 Å². The molecule has 1 atom stereocenters. The summed E-state index contributed by atoms with van der Waals surface area (Å²) in [4.78, 5) is 24.9. The topological polar surface area (TPSA) is 99.1 Å². The lowest BCUT2D eigenvalue weighted by Crippen LogP contribution is -2.35. The molecule has 0 saturated carbocycles. The maximum absolute atomic E-state index is 12.9. The van der Waals surface area contributed by atoms with Crippen molar-refractivity contribution >= 4 is 27.7 Å². The predicted octanol–water partition coefficient (Wildman–Crippen LogP) is 2.69. The van der Waals surface area contributed by atoms with Gasteiger partial charge in [0.2, 0.25) is 5.91 Å². The van der Waals surface area contributed by atoms with Gasteiger partial charge in [0, 0.05) is 13.6 Å². The maximum atomic E-state index is 12.9. The Kier molecular flexibility index (Phi) is 5.93. The number of hydrogen-bond acceptors (Lipinski definition) is 5. The Morgan fingerprint density at radius 3 is 2.68 bits per heavy atom. The fourth-order valence-electron chi connectivity index (χ4n) is 2.70. The maximum Gasteiger partial charge on any atom is 0.390 e. The molecule has 1 unspecified atom stereocenters. The lowest BCUT2D eigenvalue weighted by molar-refractivity contribution is -0.389. The summed E-state index contributed by atoms with van der Waals surface area (Å²) in [5.74, 6) is -0.405. The summed E-state index contributed by atoms with van der Waals surface area (Å²) in [6.07, 6.45) is 2.19. The molecule has 0 radical (unpaired) electrons. The van der Waals surface area contributed by atoms with Gasteiger partial charge in [0.15, 0.2) is 6.04 Å². The minimum atomic E-state index is -0.588. The molecule has 0 aliphatic rings. The van der Waals surface area contributed by atoms with E-state index in [2.05, 4.69) is 26.1 Å². The van der Waals surface area contributed by atoms with Crippen LogP contribution in [0.25, 0.3) is 0 Å². The van der Waals surface area contributed by atoms with E-state index < -0.39 is 11.0 Å². The van der Waals surface area contributed by atoms with E-state index in [1.165, 1.54) is 10.7 Å². The molecule has 0 bridgehead atoms. The van der Waals surface area contributed by atoms with Gasteiger partial charge in [-0.15, -0.1) is 0 Å². The molecular weight excluding hydrogens is 392 g/mol. The van der Waals surface area contributed by atoms with Gasteiger partial charge in [-0.05, 0) is 41.1 Å². The molecule has 1 amide bonds. The van der Waals surface area contributed by atoms with Crippen molar-refractivity contribution in [3.63, 3.8) is 0 Å². The summed E-state index contributed by atoms with van der Waals surface area (Å²) in [7, 11) is 1.71. The molecule has 25 heavy (non-hydrogen) atoms. The van der Waals surface area contributed by atoms with Crippen LogP contribution >= 0.6 is 15.9 Å². The van der Waals surface area contributed by atoms with Crippen molar-refractivity contribution in [2.45, 2.75) is 46.3 Å². The molecule has 0 N–H and O–H groups in total. The molecule has 0 spiro atoms. The van der Waals surface area contributed by atoms with Gasteiger partial charge in [0.05, 0.1) is 39.8 Å². The summed E-state index contributed by atoms with van der Waals surface area (Å²) >= 11 is 3.45. The van der Waals surface area contributed by atoms with Crippen LogP contribution < -0.4 is 0 Å². The second-order valence-electron chi connectivity index (χ2n) is 5.72. The standard InChI is InChI=1S/C15H21BrN6O3/c1-5-12(21-10(3)7-14(18-21)22(24)25)15(23)19(4)9-13-11(16)8-17-20(13)6-2/h7-8,12H,5-6,9H2,1-4H3.